The van der Waals surface area contributed by atoms with Crippen molar-refractivity contribution in [1.29, 1.82) is 0 Å². The quantitative estimate of drug-likeness (QED) is 0.771. The van der Waals surface area contributed by atoms with E-state index in [0.717, 1.165) is 10.0 Å². The van der Waals surface area contributed by atoms with Crippen LogP contribution in [-0.2, 0) is 0 Å². The predicted molar refractivity (Wildman–Crippen MR) is 56.0 cm³/mol. The number of halogens is 1. The summed E-state index contributed by atoms with van der Waals surface area (Å²) in [6, 6.07) is 5.96. The second-order valence-corrected chi connectivity index (χ2v) is 3.53. The Balaban J connectivity index is 3.15. The van der Waals surface area contributed by atoms with Crippen molar-refractivity contribution in [3.63, 3.8) is 0 Å². The van der Waals surface area contributed by atoms with Gasteiger partial charge < -0.3 is 5.73 Å². The van der Waals surface area contributed by atoms with Crippen molar-refractivity contribution in [1.82, 2.24) is 0 Å². The Morgan fingerprint density at radius 1 is 1.58 bits per heavy atom. The zero-order chi connectivity index (χ0) is 9.14. The van der Waals surface area contributed by atoms with E-state index >= 15 is 0 Å². The fourth-order valence-corrected chi connectivity index (χ4v) is 1.58. The van der Waals surface area contributed by atoms with Gasteiger partial charge in [-0.15, -0.1) is 6.58 Å². The molecule has 1 aromatic rings. The minimum absolute atomic E-state index is 0.0840. The lowest BCUT2D eigenvalue weighted by molar-refractivity contribution is 0.905. The van der Waals surface area contributed by atoms with Crippen LogP contribution in [0.4, 0.5) is 0 Å². The SMILES string of the molecule is C=CC(N)c1cccc(C)c1Br. The summed E-state index contributed by atoms with van der Waals surface area (Å²) in [6.07, 6.45) is 1.74. The first-order valence-corrected chi connectivity index (χ1v) is 4.59. The van der Waals surface area contributed by atoms with Crippen molar-refractivity contribution in [2.45, 2.75) is 13.0 Å². The molecule has 0 spiro atoms. The van der Waals surface area contributed by atoms with E-state index in [0.29, 0.717) is 0 Å². The molecule has 0 aliphatic carbocycles. The van der Waals surface area contributed by atoms with E-state index in [4.69, 9.17) is 5.73 Å². The van der Waals surface area contributed by atoms with Gasteiger partial charge in [0.05, 0.1) is 0 Å². The van der Waals surface area contributed by atoms with Crippen molar-refractivity contribution >= 4 is 15.9 Å². The van der Waals surface area contributed by atoms with Gasteiger partial charge in [-0.25, -0.2) is 0 Å². The van der Waals surface area contributed by atoms with Gasteiger partial charge in [0.25, 0.3) is 0 Å². The van der Waals surface area contributed by atoms with Crippen LogP contribution in [0, 0.1) is 6.92 Å². The monoisotopic (exact) mass is 225 g/mol. The summed E-state index contributed by atoms with van der Waals surface area (Å²) in [5.74, 6) is 0. The highest BCUT2D eigenvalue weighted by atomic mass is 79.9. The van der Waals surface area contributed by atoms with E-state index in [2.05, 4.69) is 22.5 Å². The maximum absolute atomic E-state index is 5.82. The number of benzene rings is 1. The predicted octanol–water partition coefficient (Wildman–Crippen LogP) is 2.94. The van der Waals surface area contributed by atoms with Crippen LogP contribution < -0.4 is 5.73 Å². The first-order valence-electron chi connectivity index (χ1n) is 3.80. The number of rotatable bonds is 2. The van der Waals surface area contributed by atoms with E-state index in [1.165, 1.54) is 5.56 Å². The van der Waals surface area contributed by atoms with Gasteiger partial charge in [-0.1, -0.05) is 40.2 Å². The van der Waals surface area contributed by atoms with E-state index in [-0.39, 0.29) is 6.04 Å². The van der Waals surface area contributed by atoms with Crippen molar-refractivity contribution < 1.29 is 0 Å². The molecule has 0 heterocycles. The topological polar surface area (TPSA) is 26.0 Å². The lowest BCUT2D eigenvalue weighted by Gasteiger charge is -2.10. The molecule has 0 aliphatic heterocycles. The van der Waals surface area contributed by atoms with Gasteiger partial charge in [-0.2, -0.15) is 0 Å². The fraction of sp³-hybridized carbons (Fsp3) is 0.200. The van der Waals surface area contributed by atoms with Gasteiger partial charge in [0.15, 0.2) is 0 Å². The van der Waals surface area contributed by atoms with Gasteiger partial charge >= 0.3 is 0 Å². The van der Waals surface area contributed by atoms with Crippen LogP contribution in [-0.4, -0.2) is 0 Å². The molecule has 0 bridgehead atoms. The first-order chi connectivity index (χ1) is 5.66. The zero-order valence-corrected chi connectivity index (χ0v) is 8.64. The summed E-state index contributed by atoms with van der Waals surface area (Å²) in [7, 11) is 0. The smallest absolute Gasteiger partial charge is 0.0489 e. The Bertz CT molecular complexity index is 294. The Hall–Kier alpha value is -0.600. The van der Waals surface area contributed by atoms with E-state index in [1.54, 1.807) is 6.08 Å². The van der Waals surface area contributed by atoms with Gasteiger partial charge in [-0.05, 0) is 18.1 Å². The molecular formula is C10H12BrN. The molecule has 1 atom stereocenters. The van der Waals surface area contributed by atoms with Crippen LogP contribution in [0.2, 0.25) is 0 Å². The molecule has 0 saturated heterocycles. The Kier molecular flexibility index (Phi) is 3.06. The van der Waals surface area contributed by atoms with Crippen molar-refractivity contribution in [3.8, 4) is 0 Å². The van der Waals surface area contributed by atoms with Crippen LogP contribution in [0.1, 0.15) is 17.2 Å². The molecule has 1 rings (SSSR count). The number of hydrogen-bond donors (Lipinski definition) is 1. The molecule has 0 radical (unpaired) electrons. The lowest BCUT2D eigenvalue weighted by Crippen LogP contribution is -2.07. The highest BCUT2D eigenvalue weighted by molar-refractivity contribution is 9.10. The van der Waals surface area contributed by atoms with Gasteiger partial charge in [0, 0.05) is 10.5 Å². The molecule has 0 aliphatic rings. The summed E-state index contributed by atoms with van der Waals surface area (Å²) in [5.41, 5.74) is 8.10. The molecule has 2 heteroatoms. The second-order valence-electron chi connectivity index (χ2n) is 2.74. The Labute approximate surface area is 81.4 Å². The minimum atomic E-state index is -0.0840. The average molecular weight is 226 g/mol. The minimum Gasteiger partial charge on any atom is -0.321 e. The molecule has 1 nitrogen and oxygen atoms in total. The Morgan fingerprint density at radius 2 is 2.25 bits per heavy atom. The third-order valence-corrected chi connectivity index (χ3v) is 2.92. The van der Waals surface area contributed by atoms with Crippen LogP contribution in [0.15, 0.2) is 35.3 Å². The molecule has 12 heavy (non-hydrogen) atoms. The molecule has 0 aromatic heterocycles. The summed E-state index contributed by atoms with van der Waals surface area (Å²) < 4.78 is 1.08. The van der Waals surface area contributed by atoms with E-state index in [9.17, 15) is 0 Å². The zero-order valence-electron chi connectivity index (χ0n) is 7.05. The molecule has 1 aromatic carbocycles. The van der Waals surface area contributed by atoms with Gasteiger partial charge in [0.2, 0.25) is 0 Å². The van der Waals surface area contributed by atoms with Crippen molar-refractivity contribution in [3.05, 3.63) is 46.5 Å². The first kappa shape index (κ1) is 9.49. The molecular weight excluding hydrogens is 214 g/mol. The lowest BCUT2D eigenvalue weighted by atomic mass is 10.1. The van der Waals surface area contributed by atoms with Gasteiger partial charge in [-0.3, -0.25) is 0 Å². The van der Waals surface area contributed by atoms with Crippen molar-refractivity contribution in [2.75, 3.05) is 0 Å². The summed E-state index contributed by atoms with van der Waals surface area (Å²) >= 11 is 3.49. The molecule has 0 fully saturated rings. The van der Waals surface area contributed by atoms with Crippen LogP contribution in [0.3, 0.4) is 0 Å². The summed E-state index contributed by atoms with van der Waals surface area (Å²) in [6.45, 7) is 5.71. The van der Waals surface area contributed by atoms with Crippen LogP contribution >= 0.6 is 15.9 Å². The molecule has 2 N–H and O–H groups in total. The van der Waals surface area contributed by atoms with Crippen LogP contribution in [0.25, 0.3) is 0 Å². The standard InChI is InChI=1S/C10H12BrN/c1-3-9(12)8-6-4-5-7(2)10(8)11/h3-6,9H,1,12H2,2H3. The third-order valence-electron chi connectivity index (χ3n) is 1.83. The van der Waals surface area contributed by atoms with E-state index < -0.39 is 0 Å². The molecule has 0 amide bonds. The van der Waals surface area contributed by atoms with Crippen LogP contribution in [0.5, 0.6) is 0 Å². The maximum atomic E-state index is 5.82. The maximum Gasteiger partial charge on any atom is 0.0489 e. The average Bonchev–Trinajstić information content (AvgIpc) is 2.08. The third kappa shape index (κ3) is 1.76. The molecule has 0 saturated carbocycles. The molecule has 1 unspecified atom stereocenters. The normalized spacial score (nSPS) is 12.6. The highest BCUT2D eigenvalue weighted by Gasteiger charge is 2.06. The molecule has 64 valence electrons. The van der Waals surface area contributed by atoms with E-state index in [1.807, 2.05) is 25.1 Å². The van der Waals surface area contributed by atoms with Crippen molar-refractivity contribution in [2.24, 2.45) is 5.73 Å². The number of aryl methyl sites for hydroxylation is 1. The number of hydrogen-bond acceptors (Lipinski definition) is 1. The number of nitrogens with two attached hydrogens (primary N) is 1. The second kappa shape index (κ2) is 3.87. The highest BCUT2D eigenvalue weighted by Crippen LogP contribution is 2.25. The summed E-state index contributed by atoms with van der Waals surface area (Å²) in [4.78, 5) is 0. The fourth-order valence-electron chi connectivity index (χ4n) is 1.05. The Morgan fingerprint density at radius 3 is 2.83 bits per heavy atom. The summed E-state index contributed by atoms with van der Waals surface area (Å²) in [5, 5.41) is 0. The van der Waals surface area contributed by atoms with Gasteiger partial charge in [0.1, 0.15) is 0 Å². The largest absolute Gasteiger partial charge is 0.321 e.